The van der Waals surface area contributed by atoms with E-state index in [-0.39, 0.29) is 18.7 Å². The number of hydrogen-bond acceptors (Lipinski definition) is 8. The Morgan fingerprint density at radius 1 is 0.929 bits per heavy atom. The Kier molecular flexibility index (Phi) is 13.4. The number of rotatable bonds is 13. The van der Waals surface area contributed by atoms with Crippen LogP contribution in [0.3, 0.4) is 0 Å². The highest BCUT2D eigenvalue weighted by Gasteiger charge is 2.40. The van der Waals surface area contributed by atoms with E-state index in [0.29, 0.717) is 12.1 Å². The highest BCUT2D eigenvalue weighted by atomic mass is 16.5. The lowest BCUT2D eigenvalue weighted by Crippen LogP contribution is -2.43. The Hall–Kier alpha value is -2.65. The molecule has 8 nitrogen and oxygen atoms in total. The number of carbonyl (C=O) groups is 1. The number of fused-ring (bicyclic) bond motifs is 2. The van der Waals surface area contributed by atoms with E-state index >= 15 is 0 Å². The fourth-order valence-electron chi connectivity index (χ4n) is 5.97. The lowest BCUT2D eigenvalue weighted by molar-refractivity contribution is -0.155. The van der Waals surface area contributed by atoms with Crippen molar-refractivity contribution in [1.82, 2.24) is 9.80 Å². The number of carbonyl (C=O) groups excluding carboxylic acids is 1. The maximum Gasteiger partial charge on any atom is 0.316 e. The van der Waals surface area contributed by atoms with Gasteiger partial charge in [-0.3, -0.25) is 9.69 Å². The van der Waals surface area contributed by atoms with Crippen LogP contribution in [0.2, 0.25) is 0 Å². The molecule has 3 heterocycles. The van der Waals surface area contributed by atoms with Gasteiger partial charge in [0, 0.05) is 31.7 Å². The molecule has 42 heavy (non-hydrogen) atoms. The topological polar surface area (TPSA) is 80.7 Å². The number of morpholine rings is 1. The first-order chi connectivity index (χ1) is 20.6. The van der Waals surface area contributed by atoms with Gasteiger partial charge in [0.2, 0.25) is 0 Å². The number of benzene rings is 2. The minimum Gasteiger partial charge on any atom is -0.494 e. The molecular weight excluding hydrogens is 532 g/mol. The molecule has 2 bridgehead atoms. The Morgan fingerprint density at radius 2 is 1.52 bits per heavy atom. The molecule has 232 valence electrons. The SMILES string of the molecule is CCCCOc1ccc(OCCCN2CCOCC2)cc1.CN1[C@@H]2CC[C@H]1C[C@@H](OC(=O)C(CO)c1ccccc1)C2. The molecule has 0 spiro atoms. The van der Waals surface area contributed by atoms with Crippen molar-refractivity contribution in [3.63, 3.8) is 0 Å². The summed E-state index contributed by atoms with van der Waals surface area (Å²) in [7, 11) is 2.17. The highest BCUT2D eigenvalue weighted by Crippen LogP contribution is 2.36. The third-order valence-corrected chi connectivity index (χ3v) is 8.59. The molecule has 1 unspecified atom stereocenters. The van der Waals surface area contributed by atoms with E-state index < -0.39 is 5.92 Å². The van der Waals surface area contributed by atoms with Crippen LogP contribution < -0.4 is 9.47 Å². The predicted molar refractivity (Wildman–Crippen MR) is 164 cm³/mol. The van der Waals surface area contributed by atoms with Gasteiger partial charge in [0.25, 0.3) is 0 Å². The van der Waals surface area contributed by atoms with Crippen molar-refractivity contribution >= 4 is 5.97 Å². The quantitative estimate of drug-likeness (QED) is 0.264. The van der Waals surface area contributed by atoms with Crippen molar-refractivity contribution in [1.29, 1.82) is 0 Å². The minimum absolute atomic E-state index is 0.00367. The summed E-state index contributed by atoms with van der Waals surface area (Å²) in [5.41, 5.74) is 0.820. The Morgan fingerprint density at radius 3 is 2.10 bits per heavy atom. The van der Waals surface area contributed by atoms with Crippen LogP contribution in [0.5, 0.6) is 11.5 Å². The Bertz CT molecular complexity index is 1020. The van der Waals surface area contributed by atoms with Crippen molar-refractivity contribution in [3.8, 4) is 11.5 Å². The molecule has 0 radical (unpaired) electrons. The fraction of sp³-hybridized carbons (Fsp3) is 0.618. The molecule has 0 amide bonds. The second-order valence-corrected chi connectivity index (χ2v) is 11.6. The van der Waals surface area contributed by atoms with E-state index in [0.717, 1.165) is 95.2 Å². The number of piperidine rings is 1. The fourth-order valence-corrected chi connectivity index (χ4v) is 5.97. The summed E-state index contributed by atoms with van der Waals surface area (Å²) in [4.78, 5) is 17.2. The van der Waals surface area contributed by atoms with Crippen molar-refractivity contribution in [2.75, 3.05) is 59.7 Å². The zero-order chi connectivity index (χ0) is 29.6. The van der Waals surface area contributed by atoms with Gasteiger partial charge in [-0.15, -0.1) is 0 Å². The molecular formula is C34H50N2O6. The molecule has 3 aliphatic rings. The van der Waals surface area contributed by atoms with E-state index in [1.807, 2.05) is 54.6 Å². The van der Waals surface area contributed by atoms with Crippen molar-refractivity contribution in [2.24, 2.45) is 0 Å². The zero-order valence-corrected chi connectivity index (χ0v) is 25.5. The van der Waals surface area contributed by atoms with Gasteiger partial charge in [-0.05, 0) is 75.4 Å². The van der Waals surface area contributed by atoms with Gasteiger partial charge in [0.15, 0.2) is 0 Å². The van der Waals surface area contributed by atoms with Crippen LogP contribution in [0.15, 0.2) is 54.6 Å². The van der Waals surface area contributed by atoms with Gasteiger partial charge in [0.05, 0.1) is 33.0 Å². The smallest absolute Gasteiger partial charge is 0.316 e. The predicted octanol–water partition coefficient (Wildman–Crippen LogP) is 4.90. The molecule has 5 rings (SSSR count). The molecule has 8 heteroatoms. The van der Waals surface area contributed by atoms with Crippen LogP contribution in [0.4, 0.5) is 0 Å². The van der Waals surface area contributed by atoms with Crippen molar-refractivity contribution in [3.05, 3.63) is 60.2 Å². The third kappa shape index (κ3) is 9.97. The number of esters is 1. The van der Waals surface area contributed by atoms with Gasteiger partial charge in [-0.25, -0.2) is 0 Å². The summed E-state index contributed by atoms with van der Waals surface area (Å²) < 4.78 is 22.4. The normalized spacial score (nSPS) is 23.0. The Labute approximate surface area is 251 Å². The molecule has 0 saturated carbocycles. The van der Waals surface area contributed by atoms with E-state index in [2.05, 4.69) is 23.8 Å². The maximum atomic E-state index is 12.4. The second-order valence-electron chi connectivity index (χ2n) is 11.6. The number of aliphatic hydroxyl groups excluding tert-OH is 1. The molecule has 3 aliphatic heterocycles. The summed E-state index contributed by atoms with van der Waals surface area (Å²) in [6.07, 6.45) is 7.56. The lowest BCUT2D eigenvalue weighted by Gasteiger charge is -2.36. The standard InChI is InChI=1S/C17H23NO3.C17H27NO3/c1-18-13-7-8-14(18)10-15(9-13)21-17(20)16(11-19)12-5-3-2-4-6-12;1-2-3-12-20-16-5-7-17(8-6-16)21-13-4-9-18-10-14-19-15-11-18/h2-6,13-16,19H,7-11H2,1H3;5-8H,2-4,9-15H2,1H3/t13-,14+,15+,16?;. The van der Waals surface area contributed by atoms with Crippen LogP contribution in [-0.2, 0) is 14.3 Å². The lowest BCUT2D eigenvalue weighted by atomic mass is 9.98. The van der Waals surface area contributed by atoms with Crippen LogP contribution in [-0.4, -0.2) is 98.8 Å². The summed E-state index contributed by atoms with van der Waals surface area (Å²) in [6.45, 7) is 8.40. The van der Waals surface area contributed by atoms with Crippen LogP contribution in [0.1, 0.15) is 63.4 Å². The van der Waals surface area contributed by atoms with Crippen LogP contribution in [0.25, 0.3) is 0 Å². The van der Waals surface area contributed by atoms with Gasteiger partial charge >= 0.3 is 5.97 Å². The number of hydrogen-bond donors (Lipinski definition) is 1. The zero-order valence-electron chi connectivity index (χ0n) is 25.5. The first-order valence-corrected chi connectivity index (χ1v) is 15.8. The molecule has 0 aromatic heterocycles. The van der Waals surface area contributed by atoms with Gasteiger partial charge in [-0.2, -0.15) is 0 Å². The monoisotopic (exact) mass is 582 g/mol. The van der Waals surface area contributed by atoms with E-state index in [9.17, 15) is 9.90 Å². The Balaban J connectivity index is 0.000000193. The molecule has 0 aliphatic carbocycles. The first kappa shape index (κ1) is 32.3. The highest BCUT2D eigenvalue weighted by molar-refractivity contribution is 5.78. The summed E-state index contributed by atoms with van der Waals surface area (Å²) in [6, 6.07) is 18.4. The first-order valence-electron chi connectivity index (χ1n) is 15.8. The summed E-state index contributed by atoms with van der Waals surface area (Å²) >= 11 is 0. The summed E-state index contributed by atoms with van der Waals surface area (Å²) in [5, 5.41) is 9.53. The molecule has 3 saturated heterocycles. The molecule has 3 fully saturated rings. The van der Waals surface area contributed by atoms with E-state index in [1.165, 1.54) is 12.8 Å². The molecule has 2 aromatic rings. The van der Waals surface area contributed by atoms with Gasteiger partial charge in [0.1, 0.15) is 23.5 Å². The number of aliphatic hydroxyl groups is 1. The van der Waals surface area contributed by atoms with Crippen molar-refractivity contribution in [2.45, 2.75) is 76.0 Å². The van der Waals surface area contributed by atoms with Gasteiger partial charge in [-0.1, -0.05) is 43.7 Å². The summed E-state index contributed by atoms with van der Waals surface area (Å²) in [5.74, 6) is 0.977. The number of unbranched alkanes of at least 4 members (excludes halogenated alkanes) is 1. The number of nitrogens with zero attached hydrogens (tertiary/aromatic N) is 2. The third-order valence-electron chi connectivity index (χ3n) is 8.59. The van der Waals surface area contributed by atoms with Crippen molar-refractivity contribution < 1.29 is 28.8 Å². The second kappa shape index (κ2) is 17.5. The minimum atomic E-state index is -0.566. The van der Waals surface area contributed by atoms with E-state index in [4.69, 9.17) is 18.9 Å². The molecule has 4 atom stereocenters. The largest absolute Gasteiger partial charge is 0.494 e. The van der Waals surface area contributed by atoms with E-state index in [1.54, 1.807) is 0 Å². The average Bonchev–Trinajstić information content (AvgIpc) is 3.21. The molecule has 1 N–H and O–H groups in total. The van der Waals surface area contributed by atoms with Crippen LogP contribution >= 0.6 is 0 Å². The number of ether oxygens (including phenoxy) is 4. The van der Waals surface area contributed by atoms with Crippen LogP contribution in [0, 0.1) is 0 Å². The van der Waals surface area contributed by atoms with Gasteiger partial charge < -0.3 is 29.0 Å². The molecule has 2 aromatic carbocycles. The maximum absolute atomic E-state index is 12.4. The average molecular weight is 583 g/mol.